The van der Waals surface area contributed by atoms with Gasteiger partial charge in [-0.3, -0.25) is 0 Å². The predicted octanol–water partition coefficient (Wildman–Crippen LogP) is 4.75. The van der Waals surface area contributed by atoms with E-state index in [4.69, 9.17) is 4.74 Å². The third-order valence-electron chi connectivity index (χ3n) is 3.86. The van der Waals surface area contributed by atoms with E-state index in [1.807, 2.05) is 44.1 Å². The molecule has 4 heteroatoms. The number of ether oxygens (including phenoxy) is 1. The van der Waals surface area contributed by atoms with Crippen molar-refractivity contribution in [3.8, 4) is 11.1 Å². The molecule has 5 radical (unpaired) electrons. The zero-order valence-corrected chi connectivity index (χ0v) is 14.2. The van der Waals surface area contributed by atoms with Crippen LogP contribution in [0.1, 0.15) is 15.9 Å². The fourth-order valence-corrected chi connectivity index (χ4v) is 3.32. The first-order chi connectivity index (χ1) is 11.6. The second-order valence-corrected chi connectivity index (χ2v) is 6.12. The van der Waals surface area contributed by atoms with Gasteiger partial charge in [-0.2, -0.15) is 0 Å². The fourth-order valence-electron chi connectivity index (χ4n) is 2.68. The molecule has 2 nitrogen and oxygen atoms in total. The lowest BCUT2D eigenvalue weighted by atomic mass is 9.89. The van der Waals surface area contributed by atoms with Crippen LogP contribution in [0, 0.1) is 37.4 Å². The molecule has 0 atom stereocenters. The molecule has 1 saturated carbocycles. The number of hydrogen-bond acceptors (Lipinski definition) is 3. The van der Waals surface area contributed by atoms with Crippen molar-refractivity contribution < 1.29 is 13.9 Å². The van der Waals surface area contributed by atoms with Gasteiger partial charge >= 0.3 is 5.97 Å². The summed E-state index contributed by atoms with van der Waals surface area (Å²) >= 11 is 1.49. The van der Waals surface area contributed by atoms with Crippen LogP contribution in [0.15, 0.2) is 41.3 Å². The number of thioether (sulfide) groups is 1. The van der Waals surface area contributed by atoms with Gasteiger partial charge in [0, 0.05) is 10.8 Å². The van der Waals surface area contributed by atoms with Gasteiger partial charge in [0.15, 0.2) is 0 Å². The summed E-state index contributed by atoms with van der Waals surface area (Å²) in [6.07, 6.45) is 9.70. The Kier molecular flexibility index (Phi) is 5.24. The topological polar surface area (TPSA) is 26.3 Å². The van der Waals surface area contributed by atoms with Crippen LogP contribution in [0.5, 0.6) is 0 Å². The highest BCUT2D eigenvalue weighted by Crippen LogP contribution is 2.39. The molecule has 0 saturated heterocycles. The van der Waals surface area contributed by atoms with Crippen molar-refractivity contribution in [2.24, 2.45) is 0 Å². The lowest BCUT2D eigenvalue weighted by Crippen LogP contribution is -2.11. The predicted molar refractivity (Wildman–Crippen MR) is 94.5 cm³/mol. The molecule has 24 heavy (non-hydrogen) atoms. The molecule has 121 valence electrons. The van der Waals surface area contributed by atoms with Crippen molar-refractivity contribution in [2.75, 3.05) is 13.4 Å². The molecule has 2 aromatic carbocycles. The van der Waals surface area contributed by atoms with Crippen LogP contribution in [0.4, 0.5) is 4.39 Å². The molecule has 2 aromatic rings. The van der Waals surface area contributed by atoms with Crippen LogP contribution in [-0.2, 0) is 4.74 Å². The molecule has 0 amide bonds. The van der Waals surface area contributed by atoms with Crippen molar-refractivity contribution in [1.82, 2.24) is 0 Å². The fraction of sp³-hybridized carbons (Fsp3) is 0.100. The summed E-state index contributed by atoms with van der Waals surface area (Å²) in [5.74, 6) is 0.321. The molecule has 1 aliphatic rings. The normalized spacial score (nSPS) is 14.8. The van der Waals surface area contributed by atoms with E-state index in [0.717, 1.165) is 27.5 Å². The Labute approximate surface area is 146 Å². The van der Waals surface area contributed by atoms with Gasteiger partial charge in [-0.15, -0.1) is 11.8 Å². The minimum Gasteiger partial charge on any atom is -0.465 e. The van der Waals surface area contributed by atoms with Crippen molar-refractivity contribution in [3.63, 3.8) is 0 Å². The third-order valence-corrected chi connectivity index (χ3v) is 4.62. The van der Waals surface area contributed by atoms with Crippen molar-refractivity contribution in [3.05, 3.63) is 84.9 Å². The average Bonchev–Trinajstić information content (AvgIpc) is 3.15. The molecule has 0 heterocycles. The Balaban J connectivity index is 2.16. The molecule has 0 aliphatic heterocycles. The monoisotopic (exact) mass is 339 g/mol. The summed E-state index contributed by atoms with van der Waals surface area (Å²) in [6, 6.07) is 10.2. The summed E-state index contributed by atoms with van der Waals surface area (Å²) in [5.41, 5.74) is 3.21. The molecule has 1 aliphatic carbocycles. The van der Waals surface area contributed by atoms with E-state index >= 15 is 0 Å². The van der Waals surface area contributed by atoms with Gasteiger partial charge in [0.05, 0.1) is 12.7 Å². The number of methoxy groups -OCH3 is 1. The van der Waals surface area contributed by atoms with E-state index in [9.17, 15) is 9.18 Å². The van der Waals surface area contributed by atoms with Crippen molar-refractivity contribution in [2.45, 2.75) is 4.90 Å². The van der Waals surface area contributed by atoms with Crippen LogP contribution in [-0.4, -0.2) is 19.3 Å². The van der Waals surface area contributed by atoms with Crippen molar-refractivity contribution >= 4 is 17.7 Å². The third kappa shape index (κ3) is 3.34. The molecule has 0 N–H and O–H groups in total. The van der Waals surface area contributed by atoms with Gasteiger partial charge in [-0.05, 0) is 72.9 Å². The van der Waals surface area contributed by atoms with E-state index < -0.39 is 0 Å². The van der Waals surface area contributed by atoms with Crippen LogP contribution >= 0.6 is 11.8 Å². The number of halogens is 1. The SMILES string of the molecule is COC(=O)c1c(SC)cc(-c2ccc(F)cc2)cc1[C]1[CH][CH][CH][CH]1. The maximum absolute atomic E-state index is 13.2. The molecular weight excluding hydrogens is 323 g/mol. The van der Waals surface area contributed by atoms with Crippen LogP contribution < -0.4 is 0 Å². The molecule has 0 aromatic heterocycles. The summed E-state index contributed by atoms with van der Waals surface area (Å²) in [6.45, 7) is 0. The Morgan fingerprint density at radius 1 is 1.04 bits per heavy atom. The first kappa shape index (κ1) is 17.0. The van der Waals surface area contributed by atoms with E-state index in [-0.39, 0.29) is 11.8 Å². The van der Waals surface area contributed by atoms with Crippen molar-refractivity contribution in [1.29, 1.82) is 0 Å². The Morgan fingerprint density at radius 3 is 2.29 bits per heavy atom. The number of benzene rings is 2. The standard InChI is InChI=1S/C20H16FO2S/c1-23-20(22)19-17(14-5-3-4-6-14)11-15(12-18(19)24-2)13-7-9-16(21)10-8-13/h3-12H,1-2H3. The van der Waals surface area contributed by atoms with Gasteiger partial charge in [0.25, 0.3) is 0 Å². The number of carbonyl (C=O) groups is 1. The molecule has 0 bridgehead atoms. The summed E-state index contributed by atoms with van der Waals surface area (Å²) in [7, 11) is 1.38. The maximum atomic E-state index is 13.2. The number of carbonyl (C=O) groups excluding carboxylic acids is 1. The Hall–Kier alpha value is -1.81. The van der Waals surface area contributed by atoms with Gasteiger partial charge in [0.1, 0.15) is 5.82 Å². The summed E-state index contributed by atoms with van der Waals surface area (Å²) < 4.78 is 18.2. The molecule has 0 spiro atoms. The smallest absolute Gasteiger partial charge is 0.339 e. The first-order valence-corrected chi connectivity index (χ1v) is 8.65. The van der Waals surface area contributed by atoms with Gasteiger partial charge in [-0.25, -0.2) is 9.18 Å². The highest BCUT2D eigenvalue weighted by Gasteiger charge is 2.27. The Bertz CT molecular complexity index is 734. The maximum Gasteiger partial charge on any atom is 0.339 e. The lowest BCUT2D eigenvalue weighted by Gasteiger charge is -2.18. The summed E-state index contributed by atoms with van der Waals surface area (Å²) in [5, 5.41) is 0. The Morgan fingerprint density at radius 2 is 1.71 bits per heavy atom. The lowest BCUT2D eigenvalue weighted by molar-refractivity contribution is 0.0596. The zero-order valence-electron chi connectivity index (χ0n) is 13.4. The van der Waals surface area contributed by atoms with E-state index in [2.05, 4.69) is 0 Å². The van der Waals surface area contributed by atoms with Crippen LogP contribution in [0.2, 0.25) is 0 Å². The minimum atomic E-state index is -0.360. The summed E-state index contributed by atoms with van der Waals surface area (Å²) in [4.78, 5) is 13.1. The second-order valence-electron chi connectivity index (χ2n) is 5.27. The molecule has 3 rings (SSSR count). The van der Waals surface area contributed by atoms with E-state index in [1.54, 1.807) is 12.1 Å². The molecule has 0 unspecified atom stereocenters. The number of rotatable bonds is 4. The zero-order chi connectivity index (χ0) is 17.1. The number of esters is 1. The highest BCUT2D eigenvalue weighted by atomic mass is 32.2. The van der Waals surface area contributed by atoms with E-state index in [1.165, 1.54) is 31.0 Å². The van der Waals surface area contributed by atoms with Crippen LogP contribution in [0.25, 0.3) is 11.1 Å². The van der Waals surface area contributed by atoms with E-state index in [0.29, 0.717) is 5.56 Å². The highest BCUT2D eigenvalue weighted by molar-refractivity contribution is 7.98. The molecule has 1 fully saturated rings. The quantitative estimate of drug-likeness (QED) is 0.594. The minimum absolute atomic E-state index is 0.272. The first-order valence-electron chi connectivity index (χ1n) is 7.42. The number of hydrogen-bond donors (Lipinski definition) is 0. The molecular formula is C20H16FO2S. The van der Waals surface area contributed by atoms with Crippen LogP contribution in [0.3, 0.4) is 0 Å². The largest absolute Gasteiger partial charge is 0.465 e. The van der Waals surface area contributed by atoms with Gasteiger partial charge < -0.3 is 4.74 Å². The second kappa shape index (κ2) is 7.39. The average molecular weight is 339 g/mol. The van der Waals surface area contributed by atoms with Gasteiger partial charge in [0.2, 0.25) is 0 Å². The van der Waals surface area contributed by atoms with Gasteiger partial charge in [-0.1, -0.05) is 12.1 Å².